The molecule has 0 bridgehead atoms. The van der Waals surface area contributed by atoms with Crippen molar-refractivity contribution in [3.63, 3.8) is 0 Å². The van der Waals surface area contributed by atoms with Crippen LogP contribution in [0.1, 0.15) is 84.1 Å². The normalized spacial score (nSPS) is 26.4. The Bertz CT molecular complexity index is 683. The standard InChI is InChI=1S/C25H40N2O2/c1-4-24(29)26-22-13-12-21(17-23(22)28)25(3)14-16-27(18-19(25)2)15-8-11-20-9-6-5-7-10-20/h12-13,17,19-20,28H,4-11,14-16,18H2,1-3H3,(H,26,29). The molecule has 1 aromatic rings. The van der Waals surface area contributed by atoms with Crippen LogP contribution in [0.2, 0.25) is 0 Å². The van der Waals surface area contributed by atoms with Gasteiger partial charge in [-0.2, -0.15) is 0 Å². The number of likely N-dealkylation sites (tertiary alicyclic amines) is 1. The molecule has 162 valence electrons. The number of phenols is 1. The predicted molar refractivity (Wildman–Crippen MR) is 120 cm³/mol. The Labute approximate surface area is 177 Å². The maximum absolute atomic E-state index is 11.6. The fourth-order valence-corrected chi connectivity index (χ4v) is 5.26. The van der Waals surface area contributed by atoms with E-state index in [1.54, 1.807) is 0 Å². The zero-order valence-electron chi connectivity index (χ0n) is 18.7. The molecule has 4 heteroatoms. The van der Waals surface area contributed by atoms with Gasteiger partial charge in [0.25, 0.3) is 0 Å². The molecular weight excluding hydrogens is 360 g/mol. The van der Waals surface area contributed by atoms with Crippen molar-refractivity contribution in [2.24, 2.45) is 11.8 Å². The first-order valence-corrected chi connectivity index (χ1v) is 11.8. The van der Waals surface area contributed by atoms with E-state index >= 15 is 0 Å². The second-order valence-electron chi connectivity index (χ2n) is 9.65. The van der Waals surface area contributed by atoms with E-state index in [2.05, 4.69) is 30.1 Å². The molecule has 2 unspecified atom stereocenters. The number of phenolic OH excluding ortho intramolecular Hbond substituents is 1. The molecule has 2 fully saturated rings. The third-order valence-corrected chi connectivity index (χ3v) is 7.63. The Morgan fingerprint density at radius 1 is 1.28 bits per heavy atom. The summed E-state index contributed by atoms with van der Waals surface area (Å²) in [5.74, 6) is 1.61. The molecule has 2 aliphatic rings. The average Bonchev–Trinajstić information content (AvgIpc) is 2.73. The number of aromatic hydroxyl groups is 1. The number of hydrogen-bond acceptors (Lipinski definition) is 3. The van der Waals surface area contributed by atoms with Crippen LogP contribution < -0.4 is 5.32 Å². The van der Waals surface area contributed by atoms with Crippen molar-refractivity contribution in [3.05, 3.63) is 23.8 Å². The Morgan fingerprint density at radius 2 is 2.03 bits per heavy atom. The van der Waals surface area contributed by atoms with Crippen LogP contribution >= 0.6 is 0 Å². The summed E-state index contributed by atoms with van der Waals surface area (Å²) in [6.45, 7) is 9.96. The first kappa shape index (κ1) is 22.1. The number of rotatable bonds is 7. The van der Waals surface area contributed by atoms with Crippen molar-refractivity contribution >= 4 is 11.6 Å². The first-order valence-electron chi connectivity index (χ1n) is 11.8. The lowest BCUT2D eigenvalue weighted by Crippen LogP contribution is -2.47. The summed E-state index contributed by atoms with van der Waals surface area (Å²) in [4.78, 5) is 14.3. The fraction of sp³-hybridized carbons (Fsp3) is 0.720. The first-order chi connectivity index (χ1) is 13.9. The number of hydrogen-bond donors (Lipinski definition) is 2. The van der Waals surface area contributed by atoms with Gasteiger partial charge < -0.3 is 15.3 Å². The number of amides is 1. The lowest BCUT2D eigenvalue weighted by molar-refractivity contribution is -0.115. The molecule has 1 heterocycles. The second kappa shape index (κ2) is 9.97. The van der Waals surface area contributed by atoms with E-state index < -0.39 is 0 Å². The van der Waals surface area contributed by atoms with Gasteiger partial charge in [0.2, 0.25) is 5.91 Å². The topological polar surface area (TPSA) is 52.6 Å². The van der Waals surface area contributed by atoms with Gasteiger partial charge in [-0.15, -0.1) is 0 Å². The van der Waals surface area contributed by atoms with E-state index in [0.29, 0.717) is 18.0 Å². The van der Waals surface area contributed by atoms with E-state index in [-0.39, 0.29) is 17.1 Å². The van der Waals surface area contributed by atoms with Gasteiger partial charge in [-0.3, -0.25) is 4.79 Å². The molecule has 29 heavy (non-hydrogen) atoms. The number of benzene rings is 1. The Hall–Kier alpha value is -1.55. The number of anilines is 1. The van der Waals surface area contributed by atoms with Gasteiger partial charge in [-0.1, -0.05) is 58.9 Å². The minimum atomic E-state index is -0.0748. The molecule has 2 atom stereocenters. The number of nitrogens with zero attached hydrogens (tertiary/aromatic N) is 1. The van der Waals surface area contributed by atoms with E-state index in [9.17, 15) is 9.90 Å². The van der Waals surface area contributed by atoms with Crippen LogP contribution in [0.15, 0.2) is 18.2 Å². The molecule has 0 aromatic heterocycles. The molecule has 1 amide bonds. The van der Waals surface area contributed by atoms with Crippen LogP contribution in [0.4, 0.5) is 5.69 Å². The maximum atomic E-state index is 11.6. The van der Waals surface area contributed by atoms with Crippen molar-refractivity contribution in [1.82, 2.24) is 4.90 Å². The number of nitrogens with one attached hydrogen (secondary N) is 1. The second-order valence-corrected chi connectivity index (χ2v) is 9.65. The molecule has 0 radical (unpaired) electrons. The summed E-state index contributed by atoms with van der Waals surface area (Å²) in [7, 11) is 0. The SMILES string of the molecule is CCC(=O)Nc1ccc(C2(C)CCN(CCCC3CCCCC3)CC2C)cc1O. The predicted octanol–water partition coefficient (Wildman–Crippen LogP) is 5.70. The molecule has 1 saturated heterocycles. The molecule has 1 saturated carbocycles. The van der Waals surface area contributed by atoms with Crippen molar-refractivity contribution < 1.29 is 9.90 Å². The van der Waals surface area contributed by atoms with Gasteiger partial charge in [0.1, 0.15) is 5.75 Å². The molecule has 1 aliphatic carbocycles. The number of carbonyl (C=O) groups is 1. The highest BCUT2D eigenvalue weighted by Crippen LogP contribution is 2.41. The van der Waals surface area contributed by atoms with E-state index in [1.807, 2.05) is 19.1 Å². The van der Waals surface area contributed by atoms with Crippen LogP contribution in [0.25, 0.3) is 0 Å². The van der Waals surface area contributed by atoms with Gasteiger partial charge >= 0.3 is 0 Å². The maximum Gasteiger partial charge on any atom is 0.224 e. The number of piperidine rings is 1. The van der Waals surface area contributed by atoms with Crippen LogP contribution in [-0.2, 0) is 10.2 Å². The van der Waals surface area contributed by atoms with Gasteiger partial charge in [0.15, 0.2) is 0 Å². The van der Waals surface area contributed by atoms with E-state index in [0.717, 1.165) is 25.4 Å². The summed E-state index contributed by atoms with van der Waals surface area (Å²) < 4.78 is 0. The third-order valence-electron chi connectivity index (χ3n) is 7.63. The largest absolute Gasteiger partial charge is 0.506 e. The molecular formula is C25H40N2O2. The third kappa shape index (κ3) is 5.53. The van der Waals surface area contributed by atoms with Gasteiger partial charge in [-0.05, 0) is 67.3 Å². The minimum absolute atomic E-state index is 0.0602. The number of carbonyl (C=O) groups excluding carboxylic acids is 1. The molecule has 0 spiro atoms. The molecule has 2 N–H and O–H groups in total. The minimum Gasteiger partial charge on any atom is -0.506 e. The smallest absolute Gasteiger partial charge is 0.224 e. The molecule has 1 aromatic carbocycles. The monoisotopic (exact) mass is 400 g/mol. The Morgan fingerprint density at radius 3 is 2.69 bits per heavy atom. The summed E-state index contributed by atoms with van der Waals surface area (Å²) in [6.07, 6.45) is 11.5. The fourth-order valence-electron chi connectivity index (χ4n) is 5.26. The summed E-state index contributed by atoms with van der Waals surface area (Å²) >= 11 is 0. The zero-order valence-corrected chi connectivity index (χ0v) is 18.7. The van der Waals surface area contributed by atoms with Crippen LogP contribution in [0.5, 0.6) is 5.75 Å². The Balaban J connectivity index is 1.54. The van der Waals surface area contributed by atoms with Crippen molar-refractivity contribution in [2.45, 2.75) is 84.0 Å². The van der Waals surface area contributed by atoms with Crippen molar-refractivity contribution in [3.8, 4) is 5.75 Å². The zero-order chi connectivity index (χ0) is 20.9. The average molecular weight is 401 g/mol. The highest BCUT2D eigenvalue weighted by molar-refractivity contribution is 5.92. The molecule has 3 rings (SSSR count). The lowest BCUT2D eigenvalue weighted by atomic mass is 9.68. The van der Waals surface area contributed by atoms with Crippen LogP contribution in [-0.4, -0.2) is 35.5 Å². The van der Waals surface area contributed by atoms with Crippen LogP contribution in [0.3, 0.4) is 0 Å². The van der Waals surface area contributed by atoms with Crippen molar-refractivity contribution in [1.29, 1.82) is 0 Å². The molecule has 4 nitrogen and oxygen atoms in total. The highest BCUT2D eigenvalue weighted by Gasteiger charge is 2.38. The van der Waals surface area contributed by atoms with Gasteiger partial charge in [-0.25, -0.2) is 0 Å². The van der Waals surface area contributed by atoms with E-state index in [4.69, 9.17) is 0 Å². The van der Waals surface area contributed by atoms with Crippen LogP contribution in [0, 0.1) is 11.8 Å². The summed E-state index contributed by atoms with van der Waals surface area (Å²) in [5.41, 5.74) is 1.75. The quantitative estimate of drug-likeness (QED) is 0.577. The van der Waals surface area contributed by atoms with E-state index in [1.165, 1.54) is 57.1 Å². The van der Waals surface area contributed by atoms with Crippen molar-refractivity contribution in [2.75, 3.05) is 25.0 Å². The van der Waals surface area contributed by atoms with Gasteiger partial charge in [0.05, 0.1) is 5.69 Å². The summed E-state index contributed by atoms with van der Waals surface area (Å²) in [5, 5.41) is 13.2. The Kier molecular flexibility index (Phi) is 7.61. The molecule has 1 aliphatic heterocycles. The lowest BCUT2D eigenvalue weighted by Gasteiger charge is -2.45. The van der Waals surface area contributed by atoms with Gasteiger partial charge in [0, 0.05) is 13.0 Å². The highest BCUT2D eigenvalue weighted by atomic mass is 16.3. The summed E-state index contributed by atoms with van der Waals surface area (Å²) in [6, 6.07) is 5.80.